The molecular weight excluding hydrogens is 320 g/mol. The Labute approximate surface area is 148 Å². The molecule has 0 bridgehead atoms. The van der Waals surface area contributed by atoms with Gasteiger partial charge in [0.2, 0.25) is 0 Å². The van der Waals surface area contributed by atoms with E-state index < -0.39 is 6.09 Å². The zero-order valence-corrected chi connectivity index (χ0v) is 14.8. The van der Waals surface area contributed by atoms with Crippen LogP contribution in [0.15, 0.2) is 18.3 Å². The number of carbonyl (C=O) groups is 2. The van der Waals surface area contributed by atoms with Gasteiger partial charge < -0.3 is 5.11 Å². The second-order valence-electron chi connectivity index (χ2n) is 7.19. The van der Waals surface area contributed by atoms with E-state index in [0.29, 0.717) is 26.2 Å². The summed E-state index contributed by atoms with van der Waals surface area (Å²) in [7, 11) is 0. The SMILES string of the molecule is Cc1ccc([N+]2(NC(=O)C3CCCCC3)CCN(C(=O)O)CC2)nc1. The first-order valence-corrected chi connectivity index (χ1v) is 9.10. The molecule has 2 aliphatic rings. The molecule has 0 aromatic carbocycles. The molecule has 2 heterocycles. The molecule has 7 heteroatoms. The number of carbonyl (C=O) groups excluding carboxylic acids is 1. The largest absolute Gasteiger partial charge is 0.465 e. The summed E-state index contributed by atoms with van der Waals surface area (Å²) in [6, 6.07) is 3.92. The van der Waals surface area contributed by atoms with Crippen LogP contribution in [0.3, 0.4) is 0 Å². The van der Waals surface area contributed by atoms with E-state index in [1.165, 1.54) is 11.3 Å². The molecule has 1 aromatic rings. The molecule has 7 nitrogen and oxygen atoms in total. The van der Waals surface area contributed by atoms with Gasteiger partial charge in [0.1, 0.15) is 13.1 Å². The van der Waals surface area contributed by atoms with Crippen LogP contribution in [0.2, 0.25) is 0 Å². The van der Waals surface area contributed by atoms with Crippen LogP contribution >= 0.6 is 0 Å². The van der Waals surface area contributed by atoms with Gasteiger partial charge in [0, 0.05) is 18.2 Å². The standard InChI is InChI=1S/C18H26N4O3/c1-14-7-8-16(19-13-14)22(11-9-21(10-12-22)18(24)25)20-17(23)15-5-3-2-4-6-15/h7-8,13,15H,2-6,9-12H2,1H3,(H-,20,23,24,25)/p+1. The lowest BCUT2D eigenvalue weighted by Gasteiger charge is -2.42. The van der Waals surface area contributed by atoms with Gasteiger partial charge in [-0.25, -0.2) is 9.78 Å². The van der Waals surface area contributed by atoms with Crippen LogP contribution in [0.4, 0.5) is 10.6 Å². The summed E-state index contributed by atoms with van der Waals surface area (Å²) in [5.41, 5.74) is 4.27. The maximum Gasteiger partial charge on any atom is 0.407 e. The maximum absolute atomic E-state index is 12.8. The fraction of sp³-hybridized carbons (Fsp3) is 0.611. The lowest BCUT2D eigenvalue weighted by atomic mass is 9.89. The van der Waals surface area contributed by atoms with Gasteiger partial charge in [0.25, 0.3) is 11.7 Å². The van der Waals surface area contributed by atoms with E-state index in [-0.39, 0.29) is 16.4 Å². The Balaban J connectivity index is 1.80. The number of hydrogen-bond acceptors (Lipinski definition) is 3. The second-order valence-corrected chi connectivity index (χ2v) is 7.19. The van der Waals surface area contributed by atoms with Crippen LogP contribution < -0.4 is 10.0 Å². The molecule has 1 saturated carbocycles. The van der Waals surface area contributed by atoms with Crippen LogP contribution in [-0.4, -0.2) is 53.2 Å². The van der Waals surface area contributed by atoms with E-state index >= 15 is 0 Å². The molecule has 1 aliphatic heterocycles. The first-order valence-electron chi connectivity index (χ1n) is 9.10. The van der Waals surface area contributed by atoms with Gasteiger partial charge in [-0.2, -0.15) is 10.0 Å². The Bertz CT molecular complexity index is 618. The van der Waals surface area contributed by atoms with Crippen molar-refractivity contribution in [1.29, 1.82) is 0 Å². The zero-order chi connectivity index (χ0) is 17.9. The number of quaternary nitrogens is 1. The molecule has 0 unspecified atom stereocenters. The zero-order valence-electron chi connectivity index (χ0n) is 14.8. The predicted octanol–water partition coefficient (Wildman–Crippen LogP) is 2.30. The van der Waals surface area contributed by atoms with Crippen molar-refractivity contribution in [3.05, 3.63) is 23.9 Å². The van der Waals surface area contributed by atoms with Crippen molar-refractivity contribution in [3.63, 3.8) is 0 Å². The van der Waals surface area contributed by atoms with Crippen molar-refractivity contribution in [2.75, 3.05) is 26.2 Å². The van der Waals surface area contributed by atoms with Crippen molar-refractivity contribution in [2.45, 2.75) is 39.0 Å². The first-order chi connectivity index (χ1) is 12.0. The third-order valence-corrected chi connectivity index (χ3v) is 5.41. The van der Waals surface area contributed by atoms with Crippen LogP contribution in [0.5, 0.6) is 0 Å². The number of nitrogens with one attached hydrogen (secondary N) is 1. The minimum Gasteiger partial charge on any atom is -0.465 e. The number of amides is 2. The molecule has 2 N–H and O–H groups in total. The van der Waals surface area contributed by atoms with Crippen molar-refractivity contribution in [1.82, 2.24) is 19.9 Å². The summed E-state index contributed by atoms with van der Waals surface area (Å²) in [4.78, 5) is 30.0. The molecule has 1 aromatic heterocycles. The van der Waals surface area contributed by atoms with Gasteiger partial charge in [-0.3, -0.25) is 9.69 Å². The van der Waals surface area contributed by atoms with E-state index in [9.17, 15) is 14.7 Å². The number of piperazine rings is 1. The Morgan fingerprint density at radius 2 is 1.88 bits per heavy atom. The monoisotopic (exact) mass is 347 g/mol. The van der Waals surface area contributed by atoms with Crippen molar-refractivity contribution in [3.8, 4) is 0 Å². The quantitative estimate of drug-likeness (QED) is 0.822. The highest BCUT2D eigenvalue weighted by atomic mass is 16.4. The number of hydrogen-bond donors (Lipinski definition) is 2. The molecule has 0 spiro atoms. The molecule has 25 heavy (non-hydrogen) atoms. The van der Waals surface area contributed by atoms with Crippen LogP contribution in [0, 0.1) is 12.8 Å². The smallest absolute Gasteiger partial charge is 0.407 e. The number of aryl methyl sites for hydroxylation is 1. The highest BCUT2D eigenvalue weighted by Crippen LogP contribution is 2.26. The van der Waals surface area contributed by atoms with Gasteiger partial charge in [0.15, 0.2) is 0 Å². The van der Waals surface area contributed by atoms with Crippen molar-refractivity contribution in [2.24, 2.45) is 5.92 Å². The van der Waals surface area contributed by atoms with Crippen LogP contribution in [0.25, 0.3) is 0 Å². The van der Waals surface area contributed by atoms with E-state index in [1.54, 1.807) is 6.20 Å². The molecule has 1 saturated heterocycles. The number of aromatic nitrogens is 1. The van der Waals surface area contributed by atoms with E-state index in [1.807, 2.05) is 19.1 Å². The number of carboxylic acid groups (broad SMARTS) is 1. The number of rotatable bonds is 3. The number of nitrogens with zero attached hydrogens (tertiary/aromatic N) is 3. The summed E-state index contributed by atoms with van der Waals surface area (Å²) < 4.78 is 0.236. The van der Waals surface area contributed by atoms with E-state index in [2.05, 4.69) is 10.4 Å². The van der Waals surface area contributed by atoms with Gasteiger partial charge in [-0.15, -0.1) is 0 Å². The highest BCUT2D eigenvalue weighted by molar-refractivity contribution is 5.79. The summed E-state index contributed by atoms with van der Waals surface area (Å²) >= 11 is 0. The summed E-state index contributed by atoms with van der Waals surface area (Å²) in [6.07, 6.45) is 6.18. The molecule has 2 fully saturated rings. The van der Waals surface area contributed by atoms with E-state index in [4.69, 9.17) is 0 Å². The minimum absolute atomic E-state index is 0.0618. The van der Waals surface area contributed by atoms with Gasteiger partial charge >= 0.3 is 6.09 Å². The van der Waals surface area contributed by atoms with Gasteiger partial charge in [-0.1, -0.05) is 25.3 Å². The summed E-state index contributed by atoms with van der Waals surface area (Å²) in [5.74, 6) is 0.914. The first kappa shape index (κ1) is 17.7. The maximum atomic E-state index is 12.8. The Kier molecular flexibility index (Phi) is 5.22. The van der Waals surface area contributed by atoms with Crippen molar-refractivity contribution < 1.29 is 14.7 Å². The summed E-state index contributed by atoms with van der Waals surface area (Å²) in [6.45, 7) is 3.75. The third kappa shape index (κ3) is 3.92. The fourth-order valence-corrected chi connectivity index (χ4v) is 3.78. The molecule has 3 rings (SSSR count). The average molecular weight is 347 g/mol. The highest BCUT2D eigenvalue weighted by Gasteiger charge is 2.41. The van der Waals surface area contributed by atoms with Crippen molar-refractivity contribution >= 4 is 17.8 Å². The fourth-order valence-electron chi connectivity index (χ4n) is 3.78. The van der Waals surface area contributed by atoms with E-state index in [0.717, 1.165) is 37.1 Å². The molecule has 2 amide bonds. The Morgan fingerprint density at radius 3 is 2.44 bits per heavy atom. The molecular formula is C18H27N4O3+. The lowest BCUT2D eigenvalue weighted by Crippen LogP contribution is -2.70. The topological polar surface area (TPSA) is 82.5 Å². The van der Waals surface area contributed by atoms with Gasteiger partial charge in [0.05, 0.1) is 13.1 Å². The van der Waals surface area contributed by atoms with Crippen LogP contribution in [0.1, 0.15) is 37.7 Å². The lowest BCUT2D eigenvalue weighted by molar-refractivity contribution is -0.131. The molecule has 1 aliphatic carbocycles. The van der Waals surface area contributed by atoms with Crippen LogP contribution in [-0.2, 0) is 4.79 Å². The minimum atomic E-state index is -0.909. The second kappa shape index (κ2) is 7.39. The average Bonchev–Trinajstić information content (AvgIpc) is 2.63. The molecule has 0 radical (unpaired) electrons. The molecule has 0 atom stereocenters. The Hall–Kier alpha value is -2.15. The normalized spacial score (nSPS) is 20.9. The molecule has 136 valence electrons. The predicted molar refractivity (Wildman–Crippen MR) is 94.8 cm³/mol. The van der Waals surface area contributed by atoms with Gasteiger partial charge in [-0.05, 0) is 25.3 Å². The third-order valence-electron chi connectivity index (χ3n) is 5.41. The summed E-state index contributed by atoms with van der Waals surface area (Å²) in [5, 5.41) is 9.22. The Morgan fingerprint density at radius 1 is 1.20 bits per heavy atom. The number of pyridine rings is 1.